The zero-order valence-corrected chi connectivity index (χ0v) is 9.26. The number of methoxy groups -OCH3 is 1. The van der Waals surface area contributed by atoms with Gasteiger partial charge in [-0.15, -0.1) is 0 Å². The molecule has 1 aliphatic rings. The van der Waals surface area contributed by atoms with E-state index in [0.717, 1.165) is 11.1 Å². The van der Waals surface area contributed by atoms with Gasteiger partial charge >= 0.3 is 0 Å². The van der Waals surface area contributed by atoms with E-state index in [-0.39, 0.29) is 12.9 Å². The van der Waals surface area contributed by atoms with Crippen LogP contribution in [-0.4, -0.2) is 32.0 Å². The zero-order valence-electron chi connectivity index (χ0n) is 9.26. The number of hydrogen-bond donors (Lipinski definition) is 1. The Kier molecular flexibility index (Phi) is 3.90. The van der Waals surface area contributed by atoms with Crippen LogP contribution in [0, 0.1) is 0 Å². The lowest BCUT2D eigenvalue weighted by atomic mass is 10.1. The molecule has 0 bridgehead atoms. The number of aliphatic hydroxyl groups excluding tert-OH is 1. The predicted molar refractivity (Wildman–Crippen MR) is 57.9 cm³/mol. The molecule has 4 nitrogen and oxygen atoms in total. The molecule has 1 aromatic carbocycles. The van der Waals surface area contributed by atoms with E-state index in [4.69, 9.17) is 14.2 Å². The molecule has 1 aliphatic heterocycles. The lowest BCUT2D eigenvalue weighted by molar-refractivity contribution is -0.0443. The lowest BCUT2D eigenvalue weighted by Gasteiger charge is -2.14. The Morgan fingerprint density at radius 2 is 2.19 bits per heavy atom. The van der Waals surface area contributed by atoms with Crippen LogP contribution >= 0.6 is 0 Å². The summed E-state index contributed by atoms with van der Waals surface area (Å²) in [5, 5.41) is 9.78. The first kappa shape index (κ1) is 11.5. The average Bonchev–Trinajstić information content (AvgIpc) is 2.83. The molecule has 16 heavy (non-hydrogen) atoms. The predicted octanol–water partition coefficient (Wildman–Crippen LogP) is 1.41. The summed E-state index contributed by atoms with van der Waals surface area (Å²) >= 11 is 0. The molecule has 0 amide bonds. The molecule has 1 N–H and O–H groups in total. The van der Waals surface area contributed by atoms with Gasteiger partial charge < -0.3 is 19.3 Å². The third kappa shape index (κ3) is 2.59. The van der Waals surface area contributed by atoms with Crippen LogP contribution in [0.2, 0.25) is 0 Å². The molecule has 1 aromatic rings. The van der Waals surface area contributed by atoms with E-state index in [1.54, 1.807) is 7.11 Å². The third-order valence-electron chi connectivity index (χ3n) is 2.51. The third-order valence-corrected chi connectivity index (χ3v) is 2.51. The molecule has 1 heterocycles. The van der Waals surface area contributed by atoms with Crippen molar-refractivity contribution in [2.24, 2.45) is 0 Å². The van der Waals surface area contributed by atoms with Crippen LogP contribution < -0.4 is 0 Å². The van der Waals surface area contributed by atoms with Crippen molar-refractivity contribution in [3.8, 4) is 0 Å². The molecule has 1 atom stereocenters. The van der Waals surface area contributed by atoms with Gasteiger partial charge in [-0.05, 0) is 11.6 Å². The molecule has 1 unspecified atom stereocenters. The van der Waals surface area contributed by atoms with Gasteiger partial charge in [0.05, 0.1) is 19.8 Å². The van der Waals surface area contributed by atoms with E-state index in [0.29, 0.717) is 13.2 Å². The fourth-order valence-corrected chi connectivity index (χ4v) is 1.72. The molecular weight excluding hydrogens is 208 g/mol. The topological polar surface area (TPSA) is 47.9 Å². The van der Waals surface area contributed by atoms with Crippen LogP contribution in [0.25, 0.3) is 0 Å². The minimum atomic E-state index is -0.605. The molecule has 1 fully saturated rings. The molecular formula is C12H16O4. The highest BCUT2D eigenvalue weighted by molar-refractivity contribution is 5.26. The molecule has 0 saturated carbocycles. The highest BCUT2D eigenvalue weighted by atomic mass is 16.7. The van der Waals surface area contributed by atoms with Gasteiger partial charge in [0, 0.05) is 12.7 Å². The first-order valence-electron chi connectivity index (χ1n) is 5.31. The van der Waals surface area contributed by atoms with E-state index in [9.17, 15) is 5.11 Å². The first-order valence-corrected chi connectivity index (χ1v) is 5.31. The molecule has 4 heteroatoms. The Balaban J connectivity index is 2.12. The second-order valence-corrected chi connectivity index (χ2v) is 3.71. The van der Waals surface area contributed by atoms with Crippen molar-refractivity contribution in [1.82, 2.24) is 0 Å². The van der Waals surface area contributed by atoms with Crippen LogP contribution in [0.1, 0.15) is 23.5 Å². The Bertz CT molecular complexity index is 334. The number of ether oxygens (including phenoxy) is 3. The number of rotatable bonds is 4. The fourth-order valence-electron chi connectivity index (χ4n) is 1.72. The minimum absolute atomic E-state index is 0.288. The van der Waals surface area contributed by atoms with Crippen molar-refractivity contribution in [3.63, 3.8) is 0 Å². The first-order chi connectivity index (χ1) is 7.81. The summed E-state index contributed by atoms with van der Waals surface area (Å²) < 4.78 is 15.7. The quantitative estimate of drug-likeness (QED) is 0.840. The highest BCUT2D eigenvalue weighted by Crippen LogP contribution is 2.25. The highest BCUT2D eigenvalue weighted by Gasteiger charge is 2.19. The van der Waals surface area contributed by atoms with Crippen molar-refractivity contribution < 1.29 is 19.3 Å². The maximum atomic E-state index is 9.78. The monoisotopic (exact) mass is 224 g/mol. The van der Waals surface area contributed by atoms with Crippen molar-refractivity contribution in [3.05, 3.63) is 35.4 Å². The van der Waals surface area contributed by atoms with Crippen LogP contribution in [0.15, 0.2) is 24.3 Å². The SMILES string of the molecule is COCC(O)c1cccc(C2OCCO2)c1. The van der Waals surface area contributed by atoms with Gasteiger partial charge in [-0.25, -0.2) is 0 Å². The summed E-state index contributed by atoms with van der Waals surface area (Å²) in [6.45, 7) is 1.53. The van der Waals surface area contributed by atoms with Crippen molar-refractivity contribution in [2.75, 3.05) is 26.9 Å². The maximum Gasteiger partial charge on any atom is 0.184 e. The largest absolute Gasteiger partial charge is 0.386 e. The number of hydrogen-bond acceptors (Lipinski definition) is 4. The maximum absolute atomic E-state index is 9.78. The van der Waals surface area contributed by atoms with E-state index in [1.807, 2.05) is 24.3 Å². The smallest absolute Gasteiger partial charge is 0.184 e. The van der Waals surface area contributed by atoms with Gasteiger partial charge in [-0.1, -0.05) is 18.2 Å². The molecule has 0 spiro atoms. The summed E-state index contributed by atoms with van der Waals surface area (Å²) in [4.78, 5) is 0. The van der Waals surface area contributed by atoms with Crippen LogP contribution in [0.5, 0.6) is 0 Å². The van der Waals surface area contributed by atoms with Crippen LogP contribution in [0.4, 0.5) is 0 Å². The molecule has 0 aromatic heterocycles. The van der Waals surface area contributed by atoms with Gasteiger partial charge in [0.15, 0.2) is 6.29 Å². The number of aliphatic hydroxyl groups is 1. The summed E-state index contributed by atoms with van der Waals surface area (Å²) in [5.74, 6) is 0. The minimum Gasteiger partial charge on any atom is -0.386 e. The van der Waals surface area contributed by atoms with Crippen LogP contribution in [-0.2, 0) is 14.2 Å². The van der Waals surface area contributed by atoms with E-state index in [1.165, 1.54) is 0 Å². The van der Waals surface area contributed by atoms with Crippen molar-refractivity contribution >= 4 is 0 Å². The lowest BCUT2D eigenvalue weighted by Crippen LogP contribution is -2.06. The molecule has 2 rings (SSSR count). The second kappa shape index (κ2) is 5.41. The summed E-state index contributed by atoms with van der Waals surface area (Å²) in [6, 6.07) is 7.56. The van der Waals surface area contributed by atoms with Gasteiger partial charge in [-0.2, -0.15) is 0 Å². The van der Waals surface area contributed by atoms with Gasteiger partial charge in [0.1, 0.15) is 6.10 Å². The van der Waals surface area contributed by atoms with Gasteiger partial charge in [0.25, 0.3) is 0 Å². The van der Waals surface area contributed by atoms with E-state index in [2.05, 4.69) is 0 Å². The average molecular weight is 224 g/mol. The van der Waals surface area contributed by atoms with E-state index < -0.39 is 6.10 Å². The molecule has 0 aliphatic carbocycles. The summed E-state index contributed by atoms with van der Waals surface area (Å²) in [7, 11) is 1.57. The molecule has 0 radical (unpaired) electrons. The molecule has 1 saturated heterocycles. The Morgan fingerprint density at radius 3 is 2.88 bits per heavy atom. The Labute approximate surface area is 94.8 Å². The normalized spacial score (nSPS) is 18.9. The molecule has 88 valence electrons. The van der Waals surface area contributed by atoms with Crippen molar-refractivity contribution in [1.29, 1.82) is 0 Å². The Morgan fingerprint density at radius 1 is 1.44 bits per heavy atom. The Hall–Kier alpha value is -0.940. The standard InChI is InChI=1S/C12H16O4/c1-14-8-11(13)9-3-2-4-10(7-9)12-15-5-6-16-12/h2-4,7,11-13H,5-6,8H2,1H3. The van der Waals surface area contributed by atoms with Crippen molar-refractivity contribution in [2.45, 2.75) is 12.4 Å². The summed E-state index contributed by atoms with van der Waals surface area (Å²) in [6.07, 6.45) is -0.902. The van der Waals surface area contributed by atoms with Gasteiger partial charge in [-0.3, -0.25) is 0 Å². The zero-order chi connectivity index (χ0) is 11.4. The second-order valence-electron chi connectivity index (χ2n) is 3.71. The summed E-state index contributed by atoms with van der Waals surface area (Å²) in [5.41, 5.74) is 1.75. The van der Waals surface area contributed by atoms with E-state index >= 15 is 0 Å². The fraction of sp³-hybridized carbons (Fsp3) is 0.500. The van der Waals surface area contributed by atoms with Crippen LogP contribution in [0.3, 0.4) is 0 Å². The van der Waals surface area contributed by atoms with Gasteiger partial charge in [0.2, 0.25) is 0 Å². The number of benzene rings is 1.